The van der Waals surface area contributed by atoms with Crippen LogP contribution in [0.3, 0.4) is 0 Å². The summed E-state index contributed by atoms with van der Waals surface area (Å²) in [6.07, 6.45) is 2.54. The van der Waals surface area contributed by atoms with E-state index >= 15 is 0 Å². The van der Waals surface area contributed by atoms with E-state index in [1.165, 1.54) is 4.31 Å². The summed E-state index contributed by atoms with van der Waals surface area (Å²) in [6, 6.07) is 12.3. The molecule has 144 valence electrons. The first-order valence-electron chi connectivity index (χ1n) is 9.36. The molecule has 0 aliphatic carbocycles. The largest absolute Gasteiger partial charge is 0.350 e. The first-order chi connectivity index (χ1) is 12.8. The van der Waals surface area contributed by atoms with Gasteiger partial charge in [0.15, 0.2) is 0 Å². The van der Waals surface area contributed by atoms with Crippen LogP contribution in [-0.2, 0) is 16.4 Å². The Morgan fingerprint density at radius 3 is 2.56 bits per heavy atom. The second-order valence-corrected chi connectivity index (χ2v) is 9.01. The highest BCUT2D eigenvalue weighted by Crippen LogP contribution is 2.33. The molecule has 1 amide bonds. The van der Waals surface area contributed by atoms with Crippen LogP contribution in [0.4, 0.5) is 5.69 Å². The Kier molecular flexibility index (Phi) is 5.56. The first kappa shape index (κ1) is 19.4. The molecule has 1 N–H and O–H groups in total. The summed E-state index contributed by atoms with van der Waals surface area (Å²) < 4.78 is 27.4. The van der Waals surface area contributed by atoms with Crippen LogP contribution in [-0.4, -0.2) is 26.9 Å². The zero-order valence-electron chi connectivity index (χ0n) is 16.0. The maximum atomic E-state index is 13.0. The maximum absolute atomic E-state index is 13.0. The molecule has 5 nitrogen and oxygen atoms in total. The molecule has 0 unspecified atom stereocenters. The number of nitrogens with one attached hydrogen (secondary N) is 1. The number of anilines is 1. The Bertz CT molecular complexity index is 936. The lowest BCUT2D eigenvalue weighted by atomic mass is 10.1. The van der Waals surface area contributed by atoms with Gasteiger partial charge in [0.1, 0.15) is 0 Å². The van der Waals surface area contributed by atoms with Crippen LogP contribution in [0.15, 0.2) is 47.4 Å². The summed E-state index contributed by atoms with van der Waals surface area (Å²) >= 11 is 0. The van der Waals surface area contributed by atoms with Crippen molar-refractivity contribution in [2.75, 3.05) is 10.8 Å². The van der Waals surface area contributed by atoms with Gasteiger partial charge in [-0.3, -0.25) is 9.10 Å². The van der Waals surface area contributed by atoms with Gasteiger partial charge in [0, 0.05) is 18.2 Å². The van der Waals surface area contributed by atoms with E-state index in [0.717, 1.165) is 24.0 Å². The van der Waals surface area contributed by atoms with Crippen molar-refractivity contribution >= 4 is 21.6 Å². The summed E-state index contributed by atoms with van der Waals surface area (Å²) in [4.78, 5) is 12.7. The van der Waals surface area contributed by atoms with E-state index in [0.29, 0.717) is 24.2 Å². The number of rotatable bonds is 6. The molecule has 0 saturated heterocycles. The van der Waals surface area contributed by atoms with E-state index < -0.39 is 10.0 Å². The number of aryl methyl sites for hydroxylation is 1. The Morgan fingerprint density at radius 2 is 1.89 bits per heavy atom. The summed E-state index contributed by atoms with van der Waals surface area (Å²) in [6.45, 7) is 6.39. The molecule has 3 rings (SSSR count). The van der Waals surface area contributed by atoms with Crippen LogP contribution < -0.4 is 9.62 Å². The van der Waals surface area contributed by atoms with Gasteiger partial charge in [0.05, 0.1) is 10.6 Å². The van der Waals surface area contributed by atoms with Crippen LogP contribution in [0.1, 0.15) is 48.2 Å². The normalized spacial score (nSPS) is 14.7. The zero-order valence-corrected chi connectivity index (χ0v) is 16.8. The Labute approximate surface area is 161 Å². The standard InChI is InChI=1S/C21H26N2O3S/c1-4-5-16(3)22-21(24)18-8-11-20-17(14-18)12-13-23(20)27(25,26)19-9-6-15(2)7-10-19/h6-11,14,16H,4-5,12-13H2,1-3H3,(H,22,24)/t16-/m1/s1. The summed E-state index contributed by atoms with van der Waals surface area (Å²) in [5.74, 6) is -0.112. The van der Waals surface area contributed by atoms with Crippen molar-refractivity contribution in [3.63, 3.8) is 0 Å². The third kappa shape index (κ3) is 4.00. The van der Waals surface area contributed by atoms with Crippen LogP contribution in [0.25, 0.3) is 0 Å². The number of fused-ring (bicyclic) bond motifs is 1. The van der Waals surface area contributed by atoms with Gasteiger partial charge in [0.25, 0.3) is 15.9 Å². The molecule has 0 spiro atoms. The fourth-order valence-electron chi connectivity index (χ4n) is 3.41. The number of nitrogens with zero attached hydrogens (tertiary/aromatic N) is 1. The number of sulfonamides is 1. The van der Waals surface area contributed by atoms with Gasteiger partial charge in [-0.25, -0.2) is 8.42 Å². The van der Waals surface area contributed by atoms with Crippen LogP contribution >= 0.6 is 0 Å². The Morgan fingerprint density at radius 1 is 1.19 bits per heavy atom. The summed E-state index contributed by atoms with van der Waals surface area (Å²) in [7, 11) is -3.60. The Hall–Kier alpha value is -2.34. The average Bonchev–Trinajstić information content (AvgIpc) is 3.06. The molecule has 1 heterocycles. The molecule has 2 aromatic rings. The van der Waals surface area contributed by atoms with Crippen molar-refractivity contribution in [2.45, 2.75) is 51.0 Å². The molecule has 2 aromatic carbocycles. The number of carbonyl (C=O) groups excluding carboxylic acids is 1. The van der Waals surface area contributed by atoms with Crippen LogP contribution in [0, 0.1) is 6.92 Å². The lowest BCUT2D eigenvalue weighted by Gasteiger charge is -2.20. The first-order valence-corrected chi connectivity index (χ1v) is 10.8. The monoisotopic (exact) mass is 386 g/mol. The molecular formula is C21H26N2O3S. The van der Waals surface area contributed by atoms with Crippen molar-refractivity contribution in [2.24, 2.45) is 0 Å². The number of hydrogen-bond donors (Lipinski definition) is 1. The van der Waals surface area contributed by atoms with E-state index in [4.69, 9.17) is 0 Å². The predicted molar refractivity (Wildman–Crippen MR) is 108 cm³/mol. The zero-order chi connectivity index (χ0) is 19.6. The van der Waals surface area contributed by atoms with Gasteiger partial charge < -0.3 is 5.32 Å². The van der Waals surface area contributed by atoms with Gasteiger partial charge in [-0.2, -0.15) is 0 Å². The minimum Gasteiger partial charge on any atom is -0.350 e. The fraction of sp³-hybridized carbons (Fsp3) is 0.381. The molecule has 0 aromatic heterocycles. The average molecular weight is 387 g/mol. The molecular weight excluding hydrogens is 360 g/mol. The molecule has 0 radical (unpaired) electrons. The fourth-order valence-corrected chi connectivity index (χ4v) is 4.92. The van der Waals surface area contributed by atoms with Gasteiger partial charge in [-0.1, -0.05) is 31.0 Å². The molecule has 0 fully saturated rings. The van der Waals surface area contributed by atoms with E-state index in [9.17, 15) is 13.2 Å². The van der Waals surface area contributed by atoms with Crippen molar-refractivity contribution in [3.8, 4) is 0 Å². The predicted octanol–water partition coefficient (Wildman–Crippen LogP) is 3.66. The van der Waals surface area contributed by atoms with Crippen molar-refractivity contribution in [1.29, 1.82) is 0 Å². The van der Waals surface area contributed by atoms with Crippen LogP contribution in [0.5, 0.6) is 0 Å². The van der Waals surface area contributed by atoms with Gasteiger partial charge in [-0.15, -0.1) is 0 Å². The van der Waals surface area contributed by atoms with E-state index in [-0.39, 0.29) is 16.8 Å². The second-order valence-electron chi connectivity index (χ2n) is 7.15. The molecule has 1 aliphatic rings. The molecule has 1 atom stereocenters. The van der Waals surface area contributed by atoms with E-state index in [1.807, 2.05) is 19.9 Å². The van der Waals surface area contributed by atoms with E-state index in [2.05, 4.69) is 12.2 Å². The molecule has 1 aliphatic heterocycles. The van der Waals surface area contributed by atoms with Gasteiger partial charge in [-0.05, 0) is 62.6 Å². The van der Waals surface area contributed by atoms with Gasteiger partial charge >= 0.3 is 0 Å². The SMILES string of the molecule is CCC[C@@H](C)NC(=O)c1ccc2c(c1)CCN2S(=O)(=O)c1ccc(C)cc1. The van der Waals surface area contributed by atoms with Crippen molar-refractivity contribution < 1.29 is 13.2 Å². The summed E-state index contributed by atoms with van der Waals surface area (Å²) in [5, 5.41) is 2.99. The maximum Gasteiger partial charge on any atom is 0.264 e. The minimum absolute atomic E-state index is 0.112. The highest BCUT2D eigenvalue weighted by atomic mass is 32.2. The van der Waals surface area contributed by atoms with Gasteiger partial charge in [0.2, 0.25) is 0 Å². The number of carbonyl (C=O) groups is 1. The van der Waals surface area contributed by atoms with Crippen LogP contribution in [0.2, 0.25) is 0 Å². The lowest BCUT2D eigenvalue weighted by molar-refractivity contribution is 0.0938. The third-order valence-corrected chi connectivity index (χ3v) is 6.73. The third-order valence-electron chi connectivity index (χ3n) is 4.90. The highest BCUT2D eigenvalue weighted by molar-refractivity contribution is 7.92. The highest BCUT2D eigenvalue weighted by Gasteiger charge is 2.31. The smallest absolute Gasteiger partial charge is 0.264 e. The van der Waals surface area contributed by atoms with Crippen molar-refractivity contribution in [3.05, 3.63) is 59.2 Å². The Balaban J connectivity index is 1.84. The number of benzene rings is 2. The molecule has 6 heteroatoms. The minimum atomic E-state index is -3.60. The number of hydrogen-bond acceptors (Lipinski definition) is 3. The number of amides is 1. The molecule has 0 saturated carbocycles. The summed E-state index contributed by atoms with van der Waals surface area (Å²) in [5.41, 5.74) is 3.14. The quantitative estimate of drug-likeness (QED) is 0.824. The van der Waals surface area contributed by atoms with Crippen molar-refractivity contribution in [1.82, 2.24) is 5.32 Å². The lowest BCUT2D eigenvalue weighted by Crippen LogP contribution is -2.32. The second kappa shape index (κ2) is 7.72. The molecule has 27 heavy (non-hydrogen) atoms. The topological polar surface area (TPSA) is 66.5 Å². The van der Waals surface area contributed by atoms with E-state index in [1.54, 1.807) is 36.4 Å². The molecule has 0 bridgehead atoms.